The minimum absolute atomic E-state index is 0.0152. The van der Waals surface area contributed by atoms with Gasteiger partial charge in [-0.25, -0.2) is 13.2 Å². The van der Waals surface area contributed by atoms with Crippen LogP contribution in [0.1, 0.15) is 247 Å². The lowest BCUT2D eigenvalue weighted by molar-refractivity contribution is -0.168. The summed E-state index contributed by atoms with van der Waals surface area (Å²) in [5, 5.41) is 26.6. The first-order chi connectivity index (χ1) is 44.6. The molecule has 0 aromatic heterocycles. The number of aliphatic hydroxyl groups is 1. The van der Waals surface area contributed by atoms with Crippen molar-refractivity contribution in [2.24, 2.45) is 116 Å². The van der Waals surface area contributed by atoms with Crippen LogP contribution in [0.3, 0.4) is 0 Å². The Kier molecular flexibility index (Phi) is 28.7. The van der Waals surface area contributed by atoms with Crippen molar-refractivity contribution < 1.29 is 48.9 Å². The van der Waals surface area contributed by atoms with E-state index >= 15 is 0 Å². The largest absolute Gasteiger partial charge is 0.458 e. The minimum atomic E-state index is -4.50. The number of ether oxygens (including phenoxy) is 1. The molecule has 8 fully saturated rings. The molecule has 1 aromatic carbocycles. The van der Waals surface area contributed by atoms with Crippen LogP contribution in [0.15, 0.2) is 30.3 Å². The number of benzene rings is 1. The molecule has 22 atom stereocenters. The summed E-state index contributed by atoms with van der Waals surface area (Å²) in [5.74, 6) is 5.78. The van der Waals surface area contributed by atoms with Gasteiger partial charge >= 0.3 is 26.8 Å². The minimum Gasteiger partial charge on any atom is -0.458 e. The number of rotatable bonds is 34. The number of esters is 1. The summed E-state index contributed by atoms with van der Waals surface area (Å²) in [6, 6.07) is 10.6. The van der Waals surface area contributed by atoms with Crippen molar-refractivity contribution >= 4 is 26.8 Å². The van der Waals surface area contributed by atoms with Crippen LogP contribution in [-0.2, 0) is 33.9 Å². The quantitative estimate of drug-likeness (QED) is 0.0176. The molecule has 0 aliphatic heterocycles. The molecule has 1 aromatic rings. The van der Waals surface area contributed by atoms with Gasteiger partial charge in [0.25, 0.3) is 0 Å². The predicted molar refractivity (Wildman–Crippen MR) is 377 cm³/mol. The molecule has 0 heterocycles. The molecule has 0 radical (unpaired) electrons. The van der Waals surface area contributed by atoms with Crippen LogP contribution in [0.5, 0.6) is 0 Å². The summed E-state index contributed by atoms with van der Waals surface area (Å²) in [6.07, 6.45) is 27.1. The smallest absolute Gasteiger partial charge is 0.397 e. The molecular weight excluding hydrogens is 1220 g/mol. The molecule has 19 heteroatoms. The lowest BCUT2D eigenvalue weighted by Gasteiger charge is -2.63. The van der Waals surface area contributed by atoms with E-state index in [1.807, 2.05) is 58.0 Å². The third-order valence-electron chi connectivity index (χ3n) is 27.5. The maximum Gasteiger partial charge on any atom is 0.397 e. The molecule has 0 bridgehead atoms. The van der Waals surface area contributed by atoms with Crippen LogP contribution < -0.4 is 32.7 Å². The van der Waals surface area contributed by atoms with Crippen LogP contribution in [0, 0.1) is 105 Å². The average molecular weight is 1360 g/mol. The Bertz CT molecular complexity index is 2700. The van der Waals surface area contributed by atoms with Crippen molar-refractivity contribution in [1.29, 1.82) is 0 Å². The summed E-state index contributed by atoms with van der Waals surface area (Å²) in [6.45, 7) is 30.4. The highest BCUT2D eigenvalue weighted by molar-refractivity contribution is 7.81. The van der Waals surface area contributed by atoms with Gasteiger partial charge in [-0.3, -0.25) is 9.11 Å². The third-order valence-corrected chi connectivity index (χ3v) is 28.4. The van der Waals surface area contributed by atoms with Crippen molar-refractivity contribution in [3.63, 3.8) is 0 Å². The Labute approximate surface area is 570 Å². The van der Waals surface area contributed by atoms with E-state index in [9.17, 15) is 35.8 Å². The van der Waals surface area contributed by atoms with Crippen molar-refractivity contribution in [2.45, 2.75) is 273 Å². The Balaban J connectivity index is 0.000000245. The zero-order valence-corrected chi connectivity index (χ0v) is 61.7. The number of unbranched alkanes of at least 4 members (excludes halogenated alkanes) is 2. The molecule has 10 unspecified atom stereocenters. The molecule has 0 amide bonds. The van der Waals surface area contributed by atoms with Crippen LogP contribution >= 0.6 is 0 Å². The molecule has 542 valence electrons. The molecule has 94 heavy (non-hydrogen) atoms. The zero-order valence-electron chi connectivity index (χ0n) is 60.1. The predicted octanol–water partition coefficient (Wildman–Crippen LogP) is 13.0. The monoisotopic (exact) mass is 1360 g/mol. The molecule has 9 rings (SSSR count). The van der Waals surface area contributed by atoms with Gasteiger partial charge < -0.3 is 42.6 Å². The van der Waals surface area contributed by atoms with Gasteiger partial charge in [0.1, 0.15) is 6.10 Å². The highest BCUT2D eigenvalue weighted by Gasteiger charge is 2.65. The highest BCUT2D eigenvalue weighted by Crippen LogP contribution is 2.71. The molecule has 0 saturated heterocycles. The molecule has 8 aliphatic rings. The number of hydrogen-bond acceptors (Lipinski definition) is 15. The molecular formula is C75H134N6O11S2. The summed E-state index contributed by atoms with van der Waals surface area (Å²) in [7, 11) is -8.95. The summed E-state index contributed by atoms with van der Waals surface area (Å²) < 4.78 is 81.4. The number of fused-ring (bicyclic) bond motifs is 10. The fourth-order valence-corrected chi connectivity index (χ4v) is 23.5. The van der Waals surface area contributed by atoms with E-state index in [4.69, 9.17) is 24.6 Å². The van der Waals surface area contributed by atoms with Gasteiger partial charge in [-0.1, -0.05) is 87.4 Å². The van der Waals surface area contributed by atoms with Crippen molar-refractivity contribution in [3.05, 3.63) is 35.9 Å². The second-order valence-corrected chi connectivity index (χ2v) is 35.7. The first-order valence-corrected chi connectivity index (χ1v) is 40.8. The van der Waals surface area contributed by atoms with E-state index in [-0.39, 0.29) is 46.3 Å². The second kappa shape index (κ2) is 34.7. The van der Waals surface area contributed by atoms with E-state index in [0.717, 1.165) is 136 Å². The van der Waals surface area contributed by atoms with Gasteiger partial charge in [0.2, 0.25) is 0 Å². The molecule has 17 nitrogen and oxygen atoms in total. The van der Waals surface area contributed by atoms with Gasteiger partial charge in [-0.2, -0.15) is 16.8 Å². The Morgan fingerprint density at radius 1 is 0.521 bits per heavy atom. The SMILES string of the molecule is CC(C)C(CC[C@H](C)[C@H]1CCC2C3C(CC[C@@]21C)[C@@]1(C)CC[C@H](NCCCNCCCCN)CC1C[C@@H]3O)OS(=O)(=O)O.CC(C)C(CC[C@H](C)[C@H]1CCC2C3C(CC[C@@]21C)[C@@]1(C)CC[C@H](NCCCNCCCCN)CC1C[C@@H]3OC(=O)c1ccccc1)OS(=O)(=O)O. The van der Waals surface area contributed by atoms with E-state index < -0.39 is 33.0 Å². The van der Waals surface area contributed by atoms with Gasteiger partial charge in [0.15, 0.2) is 0 Å². The van der Waals surface area contributed by atoms with Gasteiger partial charge in [-0.15, -0.1) is 0 Å². The summed E-state index contributed by atoms with van der Waals surface area (Å²) in [4.78, 5) is 13.7. The average Bonchev–Trinajstić information content (AvgIpc) is 1.36. The van der Waals surface area contributed by atoms with E-state index in [1.165, 1.54) is 70.6 Å². The van der Waals surface area contributed by atoms with Gasteiger partial charge in [0, 0.05) is 18.0 Å². The number of hydrogen-bond donors (Lipinski definition) is 9. The van der Waals surface area contributed by atoms with Gasteiger partial charge in [-0.05, 0) is 330 Å². The molecule has 11 N–H and O–H groups in total. The zero-order chi connectivity index (χ0) is 68.2. The number of nitrogens with one attached hydrogen (secondary N) is 4. The number of nitrogens with two attached hydrogens (primary N) is 2. The number of aliphatic hydroxyl groups excluding tert-OH is 1. The third kappa shape index (κ3) is 19.4. The van der Waals surface area contributed by atoms with Crippen LogP contribution in [0.2, 0.25) is 0 Å². The topological polar surface area (TPSA) is 274 Å². The lowest BCUT2D eigenvalue weighted by atomic mass is 9.43. The van der Waals surface area contributed by atoms with Crippen molar-refractivity contribution in [2.75, 3.05) is 52.4 Å². The fourth-order valence-electron chi connectivity index (χ4n) is 22.3. The van der Waals surface area contributed by atoms with Crippen LogP contribution in [-0.4, -0.2) is 126 Å². The summed E-state index contributed by atoms with van der Waals surface area (Å²) in [5.41, 5.74) is 12.8. The van der Waals surface area contributed by atoms with Crippen LogP contribution in [0.25, 0.3) is 0 Å². The second-order valence-electron chi connectivity index (χ2n) is 33.6. The standard InChI is InChI=1S/C41H69N3O6S.C34H65N3O5S/c1-28(2)36(50-51(46,47)48)17-14-29(3)33-15-16-34-38-35(19-21-41(33,34)5)40(4)20-18-32(44-25-11-24-43-23-10-9-22-42)26-31(40)27-37(38)49-39(45)30-12-7-6-8-13-30;1-23(2)31(42-43(39,40)41)12-9-24(3)27-10-11-28-32-29(14-16-34(27,28)5)33(4)15-13-26(21-25(33)22-30(32)38)37-20-8-19-36-18-7-6-17-35/h6-8,12-13,28-29,31-38,43-44H,9-11,14-27,42H2,1-5H3,(H,46,47,48);23-32,36-38H,6-22,35H2,1-5H3,(H,39,40,41)/t29-,31?,32-,33+,34?,35?,36?,37-,38?,40-,41+;24-,25?,26-,27+,28?,29?,30-,31?,32?,33-,34+/m00/s1. The first kappa shape index (κ1) is 77.9. The van der Waals surface area contributed by atoms with Crippen molar-refractivity contribution in [1.82, 2.24) is 21.3 Å². The maximum absolute atomic E-state index is 13.7. The molecule has 8 aliphatic carbocycles. The first-order valence-electron chi connectivity index (χ1n) is 38.1. The molecule has 8 saturated carbocycles. The lowest BCUT2D eigenvalue weighted by Crippen LogP contribution is -2.60. The number of carbonyl (C=O) groups is 1. The van der Waals surface area contributed by atoms with E-state index in [2.05, 4.69) is 62.8 Å². The number of carbonyl (C=O) groups excluding carboxylic acids is 1. The Morgan fingerprint density at radius 3 is 1.38 bits per heavy atom. The Morgan fingerprint density at radius 2 is 0.936 bits per heavy atom. The fraction of sp³-hybridized carbons (Fsp3) is 0.907. The van der Waals surface area contributed by atoms with E-state index in [1.54, 1.807) is 0 Å². The van der Waals surface area contributed by atoms with E-state index in [0.29, 0.717) is 107 Å². The highest BCUT2D eigenvalue weighted by atomic mass is 32.3. The molecule has 0 spiro atoms. The van der Waals surface area contributed by atoms with Crippen molar-refractivity contribution in [3.8, 4) is 0 Å². The normalized spacial score (nSPS) is 36.8. The Hall–Kier alpha value is -1.85. The van der Waals surface area contributed by atoms with Crippen LogP contribution in [0.4, 0.5) is 0 Å². The summed E-state index contributed by atoms with van der Waals surface area (Å²) >= 11 is 0. The van der Waals surface area contributed by atoms with Gasteiger partial charge in [0.05, 0.1) is 23.9 Å². The maximum atomic E-state index is 13.7.